The number of carbonyl (C=O) groups is 1. The van der Waals surface area contributed by atoms with Crippen LogP contribution in [0.2, 0.25) is 0 Å². The Kier molecular flexibility index (Phi) is 5.39. The van der Waals surface area contributed by atoms with E-state index in [1.807, 2.05) is 29.2 Å². The zero-order valence-corrected chi connectivity index (χ0v) is 17.8. The molecule has 2 aromatic carbocycles. The maximum atomic E-state index is 13.5. The molecular formula is C25H24FN3O3. The molecule has 1 aliphatic rings. The van der Waals surface area contributed by atoms with Crippen molar-refractivity contribution in [3.8, 4) is 5.75 Å². The number of rotatable bonds is 5. The van der Waals surface area contributed by atoms with Crippen molar-refractivity contribution in [2.45, 2.75) is 31.7 Å². The van der Waals surface area contributed by atoms with E-state index in [1.165, 1.54) is 12.1 Å². The van der Waals surface area contributed by atoms with Crippen LogP contribution in [0.15, 0.2) is 59.1 Å². The lowest BCUT2D eigenvalue weighted by atomic mass is 10.0. The molecule has 0 radical (unpaired) electrons. The number of aromatic nitrogens is 2. The molecule has 32 heavy (non-hydrogen) atoms. The van der Waals surface area contributed by atoms with Crippen LogP contribution in [-0.4, -0.2) is 34.4 Å². The average molecular weight is 433 g/mol. The van der Waals surface area contributed by atoms with E-state index in [0.29, 0.717) is 30.1 Å². The molecule has 1 fully saturated rings. The standard InChI is InChI=1S/C25H24FN3O3/c1-31-23-8-3-2-6-17(23)12-19-15-27-24(32-19)22-7-4-5-11-29(22)25(30)21-13-16-9-10-18(26)14-20(16)28-21/h2-3,6,8-10,13-15,22,28H,4-5,7,11-12H2,1H3/t22-/m0/s1. The monoisotopic (exact) mass is 433 g/mol. The summed E-state index contributed by atoms with van der Waals surface area (Å²) in [6.45, 7) is 0.622. The number of H-pyrrole nitrogens is 1. The molecule has 0 bridgehead atoms. The number of fused-ring (bicyclic) bond motifs is 1. The van der Waals surface area contributed by atoms with Crippen molar-refractivity contribution in [3.05, 3.63) is 83.5 Å². The minimum Gasteiger partial charge on any atom is -0.496 e. The highest BCUT2D eigenvalue weighted by Crippen LogP contribution is 2.33. The van der Waals surface area contributed by atoms with Gasteiger partial charge >= 0.3 is 0 Å². The van der Waals surface area contributed by atoms with E-state index < -0.39 is 0 Å². The highest BCUT2D eigenvalue weighted by Gasteiger charge is 2.32. The summed E-state index contributed by atoms with van der Waals surface area (Å²) in [7, 11) is 1.65. The number of carbonyl (C=O) groups excluding carboxylic acids is 1. The minimum atomic E-state index is -0.337. The average Bonchev–Trinajstić information content (AvgIpc) is 3.45. The summed E-state index contributed by atoms with van der Waals surface area (Å²) in [6, 6.07) is 13.8. The molecule has 1 atom stereocenters. The number of nitrogens with zero attached hydrogens (tertiary/aromatic N) is 2. The molecule has 0 spiro atoms. The predicted molar refractivity (Wildman–Crippen MR) is 118 cm³/mol. The van der Waals surface area contributed by atoms with Crippen molar-refractivity contribution in [1.82, 2.24) is 14.9 Å². The fraction of sp³-hybridized carbons (Fsp3) is 0.280. The minimum absolute atomic E-state index is 0.129. The lowest BCUT2D eigenvalue weighted by Gasteiger charge is -2.33. The first-order chi connectivity index (χ1) is 15.6. The number of amides is 1. The van der Waals surface area contributed by atoms with Gasteiger partial charge in [-0.3, -0.25) is 4.79 Å². The van der Waals surface area contributed by atoms with E-state index in [2.05, 4.69) is 9.97 Å². The molecule has 164 valence electrons. The zero-order chi connectivity index (χ0) is 22.1. The van der Waals surface area contributed by atoms with Gasteiger partial charge in [-0.05, 0) is 49.6 Å². The Labute approximate surface area is 185 Å². The van der Waals surface area contributed by atoms with Gasteiger partial charge in [-0.2, -0.15) is 0 Å². The summed E-state index contributed by atoms with van der Waals surface area (Å²) < 4.78 is 25.1. The number of hydrogen-bond donors (Lipinski definition) is 1. The molecule has 0 saturated carbocycles. The van der Waals surface area contributed by atoms with E-state index in [1.54, 1.807) is 25.4 Å². The molecule has 7 heteroatoms. The number of ether oxygens (including phenoxy) is 1. The second-order valence-electron chi connectivity index (χ2n) is 8.08. The van der Waals surface area contributed by atoms with Crippen molar-refractivity contribution in [3.63, 3.8) is 0 Å². The first-order valence-corrected chi connectivity index (χ1v) is 10.8. The highest BCUT2D eigenvalue weighted by molar-refractivity contribution is 5.98. The van der Waals surface area contributed by atoms with E-state index in [-0.39, 0.29) is 17.8 Å². The molecular weight excluding hydrogens is 409 g/mol. The van der Waals surface area contributed by atoms with Gasteiger partial charge in [-0.25, -0.2) is 9.37 Å². The van der Waals surface area contributed by atoms with Crippen LogP contribution in [0.5, 0.6) is 5.75 Å². The van der Waals surface area contributed by atoms with Crippen LogP contribution in [0, 0.1) is 5.82 Å². The lowest BCUT2D eigenvalue weighted by molar-refractivity contribution is 0.0565. The largest absolute Gasteiger partial charge is 0.496 e. The quantitative estimate of drug-likeness (QED) is 0.466. The van der Waals surface area contributed by atoms with Gasteiger partial charge in [-0.15, -0.1) is 0 Å². The molecule has 1 N–H and O–H groups in total. The molecule has 0 unspecified atom stereocenters. The number of likely N-dealkylation sites (tertiary alicyclic amines) is 1. The topological polar surface area (TPSA) is 71.4 Å². The first-order valence-electron chi connectivity index (χ1n) is 10.8. The predicted octanol–water partition coefficient (Wildman–Crippen LogP) is 5.26. The fourth-order valence-corrected chi connectivity index (χ4v) is 4.40. The van der Waals surface area contributed by atoms with E-state index in [0.717, 1.165) is 41.7 Å². The van der Waals surface area contributed by atoms with Gasteiger partial charge in [0, 0.05) is 29.4 Å². The van der Waals surface area contributed by atoms with Crippen LogP contribution >= 0.6 is 0 Å². The second-order valence-corrected chi connectivity index (χ2v) is 8.08. The summed E-state index contributed by atoms with van der Waals surface area (Å²) in [5.41, 5.74) is 2.06. The van der Waals surface area contributed by atoms with E-state index in [4.69, 9.17) is 9.15 Å². The number of para-hydroxylation sites is 1. The van der Waals surface area contributed by atoms with Crippen molar-refractivity contribution < 1.29 is 18.3 Å². The van der Waals surface area contributed by atoms with Crippen molar-refractivity contribution >= 4 is 16.8 Å². The van der Waals surface area contributed by atoms with Crippen LogP contribution < -0.4 is 4.74 Å². The Balaban J connectivity index is 1.39. The molecule has 4 aromatic rings. The number of piperidine rings is 1. The van der Waals surface area contributed by atoms with Gasteiger partial charge in [0.05, 0.1) is 13.3 Å². The number of halogens is 1. The summed E-state index contributed by atoms with van der Waals surface area (Å²) in [5, 5.41) is 0.804. The van der Waals surface area contributed by atoms with Gasteiger partial charge in [0.1, 0.15) is 29.1 Å². The van der Waals surface area contributed by atoms with Gasteiger partial charge < -0.3 is 19.0 Å². The Bertz CT molecular complexity index is 1260. The van der Waals surface area contributed by atoms with E-state index in [9.17, 15) is 9.18 Å². The molecule has 5 rings (SSSR count). The van der Waals surface area contributed by atoms with Crippen LogP contribution in [0.1, 0.15) is 53.0 Å². The van der Waals surface area contributed by atoms with Gasteiger partial charge in [0.15, 0.2) is 0 Å². The van der Waals surface area contributed by atoms with Crippen LogP contribution in [0.3, 0.4) is 0 Å². The van der Waals surface area contributed by atoms with Gasteiger partial charge in [-0.1, -0.05) is 18.2 Å². The third-order valence-corrected chi connectivity index (χ3v) is 5.99. The number of benzene rings is 2. The fourth-order valence-electron chi connectivity index (χ4n) is 4.40. The first kappa shape index (κ1) is 20.3. The lowest BCUT2D eigenvalue weighted by Crippen LogP contribution is -2.38. The second kappa shape index (κ2) is 8.49. The Morgan fingerprint density at radius 3 is 3.00 bits per heavy atom. The Morgan fingerprint density at radius 2 is 2.12 bits per heavy atom. The summed E-state index contributed by atoms with van der Waals surface area (Å²) in [4.78, 5) is 22.7. The van der Waals surface area contributed by atoms with Crippen molar-refractivity contribution in [1.29, 1.82) is 0 Å². The maximum absolute atomic E-state index is 13.5. The molecule has 1 saturated heterocycles. The molecule has 1 amide bonds. The van der Waals surface area contributed by atoms with Crippen LogP contribution in [0.4, 0.5) is 4.39 Å². The Morgan fingerprint density at radius 1 is 1.25 bits per heavy atom. The van der Waals surface area contributed by atoms with Crippen molar-refractivity contribution in [2.24, 2.45) is 0 Å². The molecule has 3 heterocycles. The number of aromatic amines is 1. The molecule has 2 aromatic heterocycles. The number of oxazole rings is 1. The third kappa shape index (κ3) is 3.86. The number of hydrogen-bond acceptors (Lipinski definition) is 4. The molecule has 6 nitrogen and oxygen atoms in total. The maximum Gasteiger partial charge on any atom is 0.270 e. The van der Waals surface area contributed by atoms with E-state index >= 15 is 0 Å². The van der Waals surface area contributed by atoms with Gasteiger partial charge in [0.2, 0.25) is 5.89 Å². The number of methoxy groups -OCH3 is 1. The van der Waals surface area contributed by atoms with Crippen LogP contribution in [-0.2, 0) is 6.42 Å². The number of nitrogens with one attached hydrogen (secondary N) is 1. The normalized spacial score (nSPS) is 16.4. The zero-order valence-electron chi connectivity index (χ0n) is 17.8. The molecule has 1 aliphatic heterocycles. The summed E-state index contributed by atoms with van der Waals surface area (Å²) in [5.74, 6) is 1.61. The Hall–Kier alpha value is -3.61. The summed E-state index contributed by atoms with van der Waals surface area (Å²) in [6.07, 6.45) is 4.99. The summed E-state index contributed by atoms with van der Waals surface area (Å²) >= 11 is 0. The SMILES string of the molecule is COc1ccccc1Cc1cnc([C@@H]2CCCCN2C(=O)c2cc3ccc(F)cc3[nH]2)o1. The molecule has 0 aliphatic carbocycles. The van der Waals surface area contributed by atoms with Crippen molar-refractivity contribution in [2.75, 3.05) is 13.7 Å². The van der Waals surface area contributed by atoms with Crippen LogP contribution in [0.25, 0.3) is 10.9 Å². The smallest absolute Gasteiger partial charge is 0.270 e. The van der Waals surface area contributed by atoms with Gasteiger partial charge in [0.25, 0.3) is 5.91 Å². The highest BCUT2D eigenvalue weighted by atomic mass is 19.1. The third-order valence-electron chi connectivity index (χ3n) is 5.99.